The number of pyridine rings is 1. The van der Waals surface area contributed by atoms with Gasteiger partial charge in [0.2, 0.25) is 0 Å². The Kier molecular flexibility index (Phi) is 9.98. The molecule has 0 saturated heterocycles. The van der Waals surface area contributed by atoms with E-state index in [0.29, 0.717) is 18.1 Å². The molecule has 43 heavy (non-hydrogen) atoms. The van der Waals surface area contributed by atoms with Crippen LogP contribution in [0.5, 0.6) is 5.75 Å². The van der Waals surface area contributed by atoms with E-state index >= 15 is 0 Å². The van der Waals surface area contributed by atoms with E-state index in [0.717, 1.165) is 34.5 Å². The Hall–Kier alpha value is -4.32. The Bertz CT molecular complexity index is 1720. The van der Waals surface area contributed by atoms with Gasteiger partial charge >= 0.3 is 5.97 Å². The van der Waals surface area contributed by atoms with Crippen LogP contribution in [-0.2, 0) is 32.6 Å². The summed E-state index contributed by atoms with van der Waals surface area (Å²) in [6.45, 7) is 2.40. The quantitative estimate of drug-likeness (QED) is 0.110. The fraction of sp³-hybridized carbons (Fsp3) is 0.219. The Morgan fingerprint density at radius 2 is 1.77 bits per heavy atom. The third-order valence-electron chi connectivity index (χ3n) is 6.53. The molecule has 0 spiro atoms. The number of aromatic nitrogens is 3. The molecule has 2 aromatic carbocycles. The zero-order valence-corrected chi connectivity index (χ0v) is 25.3. The Morgan fingerprint density at radius 3 is 2.51 bits per heavy atom. The lowest BCUT2D eigenvalue weighted by molar-refractivity contribution is -0.146. The highest BCUT2D eigenvalue weighted by Gasteiger charge is 2.27. The van der Waals surface area contributed by atoms with Crippen molar-refractivity contribution in [3.8, 4) is 22.0 Å². The summed E-state index contributed by atoms with van der Waals surface area (Å²) in [6.07, 6.45) is 6.96. The normalized spacial score (nSPS) is 11.5. The van der Waals surface area contributed by atoms with Gasteiger partial charge in [0, 0.05) is 31.7 Å². The van der Waals surface area contributed by atoms with E-state index in [1.54, 1.807) is 47.4 Å². The smallest absolute Gasteiger partial charge is 0.344 e. The van der Waals surface area contributed by atoms with Gasteiger partial charge in [0.1, 0.15) is 9.96 Å². The molecule has 11 heteroatoms. The van der Waals surface area contributed by atoms with E-state index in [1.807, 2.05) is 67.7 Å². The van der Waals surface area contributed by atoms with Gasteiger partial charge in [-0.25, -0.2) is 17.9 Å². The number of nitrogens with zero attached hydrogens (tertiary/aromatic N) is 4. The van der Waals surface area contributed by atoms with Crippen LogP contribution in [-0.4, -0.2) is 46.7 Å². The average molecular weight is 617 g/mol. The van der Waals surface area contributed by atoms with Gasteiger partial charge in [-0.15, -0.1) is 11.3 Å². The summed E-state index contributed by atoms with van der Waals surface area (Å²) in [4.78, 5) is 17.1. The van der Waals surface area contributed by atoms with Crippen LogP contribution in [0.4, 0.5) is 0 Å². The number of ether oxygens (including phenoxy) is 2. The number of rotatable bonds is 14. The Labute approximate surface area is 255 Å². The van der Waals surface area contributed by atoms with E-state index < -0.39 is 16.0 Å². The maximum atomic E-state index is 14.1. The molecule has 3 heterocycles. The third-order valence-corrected chi connectivity index (χ3v) is 9.90. The number of carbonyl (C=O) groups excluding carboxylic acids is 1. The predicted molar refractivity (Wildman–Crippen MR) is 165 cm³/mol. The minimum atomic E-state index is -3.90. The molecule has 9 nitrogen and oxygen atoms in total. The highest BCUT2D eigenvalue weighted by atomic mass is 32.2. The molecular weight excluding hydrogens is 585 g/mol. The largest absolute Gasteiger partial charge is 0.482 e. The lowest BCUT2D eigenvalue weighted by Crippen LogP contribution is -2.29. The molecular formula is C32H32N4O5S2. The molecule has 222 valence electrons. The van der Waals surface area contributed by atoms with E-state index in [-0.39, 0.29) is 23.9 Å². The van der Waals surface area contributed by atoms with Crippen molar-refractivity contribution >= 4 is 27.3 Å². The standard InChI is InChI=1S/C32H32N4O5S2/c1-2-3-20-40-31(37)24-41-28-9-6-8-26(21-28)23-35(22-25-11-13-27(14-12-25)36-19-7-18-34-36)43(38,39)32-16-15-30(42-32)29-10-4-5-17-33-29/h4-19,21H,2-3,20,22-24H2,1H3. The SMILES string of the molecule is CCCCOC(=O)COc1cccc(CN(Cc2ccc(-n3cccn3)cc2)S(=O)(=O)c2ccc(-c3ccccn3)s2)c1. The first-order valence-corrected chi connectivity index (χ1v) is 16.2. The topological polar surface area (TPSA) is 104 Å². The number of esters is 1. The molecule has 0 aliphatic heterocycles. The average Bonchev–Trinajstić information content (AvgIpc) is 3.75. The lowest BCUT2D eigenvalue weighted by Gasteiger charge is -2.22. The second-order valence-corrected chi connectivity index (χ2v) is 13.0. The Morgan fingerprint density at radius 1 is 0.930 bits per heavy atom. The fourth-order valence-electron chi connectivity index (χ4n) is 4.29. The van der Waals surface area contributed by atoms with Crippen LogP contribution in [0.15, 0.2) is 108 Å². The van der Waals surface area contributed by atoms with Crippen molar-refractivity contribution in [2.75, 3.05) is 13.2 Å². The lowest BCUT2D eigenvalue weighted by atomic mass is 10.2. The van der Waals surface area contributed by atoms with Gasteiger partial charge in [0.15, 0.2) is 6.61 Å². The molecule has 0 aliphatic rings. The van der Waals surface area contributed by atoms with E-state index in [1.165, 1.54) is 15.6 Å². The van der Waals surface area contributed by atoms with Crippen LogP contribution in [0.1, 0.15) is 30.9 Å². The van der Waals surface area contributed by atoms with E-state index in [2.05, 4.69) is 10.1 Å². The minimum Gasteiger partial charge on any atom is -0.482 e. The molecule has 0 aliphatic carbocycles. The molecule has 0 saturated carbocycles. The number of benzene rings is 2. The van der Waals surface area contributed by atoms with Crippen molar-refractivity contribution in [3.63, 3.8) is 0 Å². The van der Waals surface area contributed by atoms with Crippen LogP contribution in [0.25, 0.3) is 16.3 Å². The summed E-state index contributed by atoms with van der Waals surface area (Å²) in [6, 6.07) is 25.5. The van der Waals surface area contributed by atoms with Gasteiger partial charge in [-0.05, 0) is 72.1 Å². The van der Waals surface area contributed by atoms with Crippen LogP contribution < -0.4 is 4.74 Å². The van der Waals surface area contributed by atoms with Gasteiger partial charge in [-0.3, -0.25) is 4.98 Å². The molecule has 0 amide bonds. The van der Waals surface area contributed by atoms with Crippen LogP contribution in [0.2, 0.25) is 0 Å². The highest BCUT2D eigenvalue weighted by molar-refractivity contribution is 7.91. The zero-order valence-electron chi connectivity index (χ0n) is 23.7. The Balaban J connectivity index is 1.38. The maximum Gasteiger partial charge on any atom is 0.344 e. The number of sulfonamides is 1. The second-order valence-electron chi connectivity index (χ2n) is 9.73. The van der Waals surface area contributed by atoms with Crippen molar-refractivity contribution in [2.24, 2.45) is 0 Å². The molecule has 0 unspecified atom stereocenters. The van der Waals surface area contributed by atoms with Crippen molar-refractivity contribution in [1.29, 1.82) is 0 Å². The fourth-order valence-corrected chi connectivity index (χ4v) is 7.14. The van der Waals surface area contributed by atoms with E-state index in [9.17, 15) is 13.2 Å². The van der Waals surface area contributed by atoms with Crippen LogP contribution in [0, 0.1) is 0 Å². The number of unbranched alkanes of at least 4 members (excludes halogenated alkanes) is 1. The molecule has 5 rings (SSSR count). The number of hydrogen-bond acceptors (Lipinski definition) is 8. The molecule has 0 radical (unpaired) electrons. The first-order valence-electron chi connectivity index (χ1n) is 13.9. The monoisotopic (exact) mass is 616 g/mol. The van der Waals surface area contributed by atoms with Crippen molar-refractivity contribution in [3.05, 3.63) is 115 Å². The molecule has 0 bridgehead atoms. The summed E-state index contributed by atoms with van der Waals surface area (Å²) in [5.74, 6) is 0.0162. The molecule has 5 aromatic rings. The first-order chi connectivity index (χ1) is 20.9. The van der Waals surface area contributed by atoms with Gasteiger partial charge in [0.25, 0.3) is 10.0 Å². The molecule has 0 atom stereocenters. The zero-order chi connectivity index (χ0) is 30.1. The van der Waals surface area contributed by atoms with Gasteiger partial charge < -0.3 is 9.47 Å². The summed E-state index contributed by atoms with van der Waals surface area (Å²) in [7, 11) is -3.90. The molecule has 3 aromatic heterocycles. The summed E-state index contributed by atoms with van der Waals surface area (Å²) in [5.41, 5.74) is 3.13. The van der Waals surface area contributed by atoms with Gasteiger partial charge in [0.05, 0.1) is 22.9 Å². The summed E-state index contributed by atoms with van der Waals surface area (Å²) >= 11 is 1.19. The number of carbonyl (C=O) groups is 1. The number of hydrogen-bond donors (Lipinski definition) is 0. The third kappa shape index (κ3) is 7.95. The number of thiophene rings is 1. The van der Waals surface area contributed by atoms with E-state index in [4.69, 9.17) is 9.47 Å². The van der Waals surface area contributed by atoms with Crippen molar-refractivity contribution in [1.82, 2.24) is 19.1 Å². The summed E-state index contributed by atoms with van der Waals surface area (Å²) in [5, 5.41) is 4.26. The van der Waals surface area contributed by atoms with Gasteiger partial charge in [-0.1, -0.05) is 43.7 Å². The van der Waals surface area contributed by atoms with Crippen LogP contribution in [0.3, 0.4) is 0 Å². The van der Waals surface area contributed by atoms with Crippen LogP contribution >= 0.6 is 11.3 Å². The van der Waals surface area contributed by atoms with Gasteiger partial charge in [-0.2, -0.15) is 9.40 Å². The molecule has 0 N–H and O–H groups in total. The highest BCUT2D eigenvalue weighted by Crippen LogP contribution is 2.32. The van der Waals surface area contributed by atoms with Crippen molar-refractivity contribution < 1.29 is 22.7 Å². The minimum absolute atomic E-state index is 0.0954. The molecule has 0 fully saturated rings. The first kappa shape index (κ1) is 30.1. The van der Waals surface area contributed by atoms with Crippen molar-refractivity contribution in [2.45, 2.75) is 37.1 Å². The predicted octanol–water partition coefficient (Wildman–Crippen LogP) is 6.11. The maximum absolute atomic E-state index is 14.1. The summed E-state index contributed by atoms with van der Waals surface area (Å²) < 4.78 is 42.4. The second kappa shape index (κ2) is 14.2.